The maximum Gasteiger partial charge on any atom is 0.255 e. The van der Waals surface area contributed by atoms with Gasteiger partial charge in [0.1, 0.15) is 5.75 Å². The first-order valence-electron chi connectivity index (χ1n) is 10.0. The maximum absolute atomic E-state index is 12.6. The molecule has 4 rings (SSSR count). The standard InChI is InChI=1S/C22H25N3O5/c1-28-19-13-16(24-21(26)15-4-7-18-20(12-15)30-14-29-18)5-6-17(19)22(27)23-8-11-25-9-2-3-10-25/h4-7,12-13H,2-3,8-11,14H2,1H3,(H,23,27)(H,24,26). The number of amides is 2. The van der Waals surface area contributed by atoms with Crippen LogP contribution in [0.1, 0.15) is 33.6 Å². The lowest BCUT2D eigenvalue weighted by molar-refractivity contribution is 0.0946. The van der Waals surface area contributed by atoms with E-state index < -0.39 is 0 Å². The quantitative estimate of drug-likeness (QED) is 0.728. The van der Waals surface area contributed by atoms with E-state index >= 15 is 0 Å². The molecule has 0 spiro atoms. The first kappa shape index (κ1) is 20.0. The minimum atomic E-state index is -0.293. The lowest BCUT2D eigenvalue weighted by atomic mass is 10.1. The number of likely N-dealkylation sites (tertiary alicyclic amines) is 1. The van der Waals surface area contributed by atoms with Crippen molar-refractivity contribution in [1.82, 2.24) is 10.2 Å². The molecule has 2 N–H and O–H groups in total. The molecule has 8 nitrogen and oxygen atoms in total. The summed E-state index contributed by atoms with van der Waals surface area (Å²) in [6, 6.07) is 9.98. The van der Waals surface area contributed by atoms with E-state index in [1.54, 1.807) is 36.4 Å². The lowest BCUT2D eigenvalue weighted by Crippen LogP contribution is -2.33. The largest absolute Gasteiger partial charge is 0.496 e. The zero-order chi connectivity index (χ0) is 20.9. The topological polar surface area (TPSA) is 89.1 Å². The Bertz CT molecular complexity index is 940. The molecule has 2 aromatic carbocycles. The van der Waals surface area contributed by atoms with Gasteiger partial charge in [0.25, 0.3) is 11.8 Å². The summed E-state index contributed by atoms with van der Waals surface area (Å²) in [5.74, 6) is 1.07. The Morgan fingerprint density at radius 3 is 2.63 bits per heavy atom. The summed E-state index contributed by atoms with van der Waals surface area (Å²) < 4.78 is 16.0. The van der Waals surface area contributed by atoms with Crippen molar-refractivity contribution in [2.24, 2.45) is 0 Å². The van der Waals surface area contributed by atoms with Crippen molar-refractivity contribution in [1.29, 1.82) is 0 Å². The monoisotopic (exact) mass is 411 g/mol. The summed E-state index contributed by atoms with van der Waals surface area (Å²) in [6.45, 7) is 3.77. The Morgan fingerprint density at radius 1 is 1.03 bits per heavy atom. The molecule has 2 amide bonds. The van der Waals surface area contributed by atoms with Gasteiger partial charge >= 0.3 is 0 Å². The van der Waals surface area contributed by atoms with Crippen LogP contribution < -0.4 is 24.8 Å². The van der Waals surface area contributed by atoms with Gasteiger partial charge in [-0.2, -0.15) is 0 Å². The van der Waals surface area contributed by atoms with Crippen LogP contribution in [0.25, 0.3) is 0 Å². The fourth-order valence-corrected chi connectivity index (χ4v) is 3.63. The second kappa shape index (κ2) is 9.04. The fourth-order valence-electron chi connectivity index (χ4n) is 3.63. The summed E-state index contributed by atoms with van der Waals surface area (Å²) in [5, 5.41) is 5.75. The zero-order valence-electron chi connectivity index (χ0n) is 16.9. The summed E-state index contributed by atoms with van der Waals surface area (Å²) in [5.41, 5.74) is 1.41. The molecule has 0 aromatic heterocycles. The number of nitrogens with one attached hydrogen (secondary N) is 2. The molecular weight excluding hydrogens is 386 g/mol. The van der Waals surface area contributed by atoms with E-state index in [0.717, 1.165) is 19.6 Å². The van der Waals surface area contributed by atoms with Gasteiger partial charge in [0.05, 0.1) is 12.7 Å². The van der Waals surface area contributed by atoms with Crippen LogP contribution in [0.3, 0.4) is 0 Å². The predicted octanol–water partition coefficient (Wildman–Crippen LogP) is 2.50. The molecule has 0 radical (unpaired) electrons. The Balaban J connectivity index is 1.38. The third-order valence-electron chi connectivity index (χ3n) is 5.25. The number of anilines is 1. The highest BCUT2D eigenvalue weighted by molar-refractivity contribution is 6.05. The van der Waals surface area contributed by atoms with E-state index in [4.69, 9.17) is 14.2 Å². The minimum absolute atomic E-state index is 0.152. The lowest BCUT2D eigenvalue weighted by Gasteiger charge is -2.16. The number of rotatable bonds is 7. The third kappa shape index (κ3) is 4.49. The number of methoxy groups -OCH3 is 1. The van der Waals surface area contributed by atoms with Crippen molar-refractivity contribution in [2.75, 3.05) is 45.4 Å². The van der Waals surface area contributed by atoms with Crippen LogP contribution in [0.15, 0.2) is 36.4 Å². The Hall–Kier alpha value is -3.26. The van der Waals surface area contributed by atoms with Crippen molar-refractivity contribution in [2.45, 2.75) is 12.8 Å². The number of nitrogens with zero attached hydrogens (tertiary/aromatic N) is 1. The highest BCUT2D eigenvalue weighted by atomic mass is 16.7. The summed E-state index contributed by atoms with van der Waals surface area (Å²) in [6.07, 6.45) is 2.45. The first-order valence-corrected chi connectivity index (χ1v) is 10.0. The second-order valence-electron chi connectivity index (χ2n) is 7.24. The molecule has 30 heavy (non-hydrogen) atoms. The van der Waals surface area contributed by atoms with Gasteiger partial charge in [-0.05, 0) is 56.3 Å². The van der Waals surface area contributed by atoms with Crippen LogP contribution in [0.5, 0.6) is 17.2 Å². The average molecular weight is 411 g/mol. The van der Waals surface area contributed by atoms with Gasteiger partial charge < -0.3 is 29.7 Å². The number of hydrogen-bond donors (Lipinski definition) is 2. The van der Waals surface area contributed by atoms with E-state index in [-0.39, 0.29) is 18.6 Å². The molecular formula is C22H25N3O5. The molecule has 2 heterocycles. The Morgan fingerprint density at radius 2 is 1.83 bits per heavy atom. The average Bonchev–Trinajstić information content (AvgIpc) is 3.44. The van der Waals surface area contributed by atoms with Gasteiger partial charge in [0.2, 0.25) is 6.79 Å². The Labute approximate surface area is 175 Å². The highest BCUT2D eigenvalue weighted by Gasteiger charge is 2.18. The molecule has 0 bridgehead atoms. The van der Waals surface area contributed by atoms with Crippen LogP contribution in [0.4, 0.5) is 5.69 Å². The molecule has 2 aliphatic heterocycles. The van der Waals surface area contributed by atoms with Crippen LogP contribution in [0, 0.1) is 0 Å². The van der Waals surface area contributed by atoms with Crippen LogP contribution in [0.2, 0.25) is 0 Å². The van der Waals surface area contributed by atoms with Gasteiger partial charge in [0.15, 0.2) is 11.5 Å². The summed E-state index contributed by atoms with van der Waals surface area (Å²) >= 11 is 0. The second-order valence-corrected chi connectivity index (χ2v) is 7.24. The number of ether oxygens (including phenoxy) is 3. The van der Waals surface area contributed by atoms with Crippen molar-refractivity contribution >= 4 is 17.5 Å². The molecule has 0 saturated carbocycles. The van der Waals surface area contributed by atoms with Crippen LogP contribution in [-0.4, -0.2) is 56.8 Å². The van der Waals surface area contributed by atoms with Crippen molar-refractivity contribution in [3.8, 4) is 17.2 Å². The predicted molar refractivity (Wildman–Crippen MR) is 112 cm³/mol. The smallest absolute Gasteiger partial charge is 0.255 e. The van der Waals surface area contributed by atoms with Crippen molar-refractivity contribution in [3.63, 3.8) is 0 Å². The Kier molecular flexibility index (Phi) is 6.04. The molecule has 2 aromatic rings. The number of carbonyl (C=O) groups is 2. The van der Waals surface area contributed by atoms with Gasteiger partial charge in [-0.1, -0.05) is 0 Å². The summed E-state index contributed by atoms with van der Waals surface area (Å²) in [7, 11) is 1.50. The summed E-state index contributed by atoms with van der Waals surface area (Å²) in [4.78, 5) is 27.4. The van der Waals surface area contributed by atoms with Crippen molar-refractivity contribution in [3.05, 3.63) is 47.5 Å². The number of carbonyl (C=O) groups excluding carboxylic acids is 2. The molecule has 1 fully saturated rings. The highest BCUT2D eigenvalue weighted by Crippen LogP contribution is 2.33. The molecule has 158 valence electrons. The van der Waals surface area contributed by atoms with E-state index in [0.29, 0.717) is 40.6 Å². The van der Waals surface area contributed by atoms with E-state index in [1.807, 2.05) is 0 Å². The van der Waals surface area contributed by atoms with Gasteiger partial charge in [-0.3, -0.25) is 9.59 Å². The number of benzene rings is 2. The van der Waals surface area contributed by atoms with E-state index in [2.05, 4.69) is 15.5 Å². The van der Waals surface area contributed by atoms with Gasteiger partial charge in [-0.25, -0.2) is 0 Å². The molecule has 1 saturated heterocycles. The molecule has 0 aliphatic carbocycles. The van der Waals surface area contributed by atoms with Crippen molar-refractivity contribution < 1.29 is 23.8 Å². The van der Waals surface area contributed by atoms with Crippen LogP contribution >= 0.6 is 0 Å². The normalized spacial score (nSPS) is 15.1. The molecule has 0 atom stereocenters. The van der Waals surface area contributed by atoms with Gasteiger partial charge in [-0.15, -0.1) is 0 Å². The molecule has 8 heteroatoms. The zero-order valence-corrected chi connectivity index (χ0v) is 16.9. The third-order valence-corrected chi connectivity index (χ3v) is 5.25. The molecule has 0 unspecified atom stereocenters. The maximum atomic E-state index is 12.6. The van der Waals surface area contributed by atoms with Gasteiger partial charge in [0, 0.05) is 30.4 Å². The minimum Gasteiger partial charge on any atom is -0.496 e. The fraction of sp³-hybridized carbons (Fsp3) is 0.364. The number of hydrogen-bond acceptors (Lipinski definition) is 6. The number of fused-ring (bicyclic) bond motifs is 1. The van der Waals surface area contributed by atoms with Crippen LogP contribution in [-0.2, 0) is 0 Å². The molecule has 2 aliphatic rings. The first-order chi connectivity index (χ1) is 14.6. The van der Waals surface area contributed by atoms with E-state index in [1.165, 1.54) is 20.0 Å². The van der Waals surface area contributed by atoms with E-state index in [9.17, 15) is 9.59 Å². The SMILES string of the molecule is COc1cc(NC(=O)c2ccc3c(c2)OCO3)ccc1C(=O)NCCN1CCCC1.